The summed E-state index contributed by atoms with van der Waals surface area (Å²) in [5.74, 6) is 0. The first kappa shape index (κ1) is 20.3. The van der Waals surface area contributed by atoms with Gasteiger partial charge in [0.25, 0.3) is 5.56 Å². The molecule has 30 heavy (non-hydrogen) atoms. The highest BCUT2D eigenvalue weighted by molar-refractivity contribution is 6.31. The van der Waals surface area contributed by atoms with Crippen molar-refractivity contribution < 1.29 is 0 Å². The predicted molar refractivity (Wildman–Crippen MR) is 118 cm³/mol. The van der Waals surface area contributed by atoms with Crippen LogP contribution in [0.4, 0.5) is 0 Å². The second-order valence-corrected chi connectivity index (χ2v) is 7.83. The van der Waals surface area contributed by atoms with Gasteiger partial charge in [-0.1, -0.05) is 59.6 Å². The Morgan fingerprint density at radius 1 is 0.700 bits per heavy atom. The molecule has 0 unspecified atom stereocenters. The fourth-order valence-electron chi connectivity index (χ4n) is 3.58. The van der Waals surface area contributed by atoms with E-state index in [0.717, 1.165) is 4.57 Å². The van der Waals surface area contributed by atoms with Gasteiger partial charge in [0, 0.05) is 24.1 Å². The Kier molecular flexibility index (Phi) is 5.17. The highest BCUT2D eigenvalue weighted by Crippen LogP contribution is 2.20. The normalized spacial score (nSPS) is 11.3. The molecule has 9 heteroatoms. The number of imidazole rings is 1. The van der Waals surface area contributed by atoms with Gasteiger partial charge in [-0.05, 0) is 23.3 Å². The molecule has 4 rings (SSSR count). The Morgan fingerprint density at radius 2 is 1.20 bits per heavy atom. The van der Waals surface area contributed by atoms with E-state index in [1.807, 2.05) is 12.1 Å². The number of aromatic nitrogens is 4. The molecule has 0 amide bonds. The largest absolute Gasteiger partial charge is 0.332 e. The van der Waals surface area contributed by atoms with Crippen molar-refractivity contribution in [2.24, 2.45) is 14.1 Å². The first-order chi connectivity index (χ1) is 14.3. The van der Waals surface area contributed by atoms with Crippen LogP contribution in [-0.4, -0.2) is 18.3 Å². The van der Waals surface area contributed by atoms with Gasteiger partial charge in [0.05, 0.1) is 13.1 Å². The molecule has 0 spiro atoms. The maximum absolute atomic E-state index is 13.4. The Labute approximate surface area is 180 Å². The van der Waals surface area contributed by atoms with Crippen LogP contribution in [0.5, 0.6) is 0 Å². The van der Waals surface area contributed by atoms with Crippen LogP contribution in [0.1, 0.15) is 11.1 Å². The highest BCUT2D eigenvalue weighted by atomic mass is 35.5. The van der Waals surface area contributed by atoms with Gasteiger partial charge in [-0.3, -0.25) is 23.1 Å². The number of aryl methyl sites for hydroxylation is 1. The van der Waals surface area contributed by atoms with Gasteiger partial charge >= 0.3 is 11.4 Å². The fourth-order valence-corrected chi connectivity index (χ4v) is 3.97. The zero-order chi connectivity index (χ0) is 21.6. The molecule has 0 atom stereocenters. The van der Waals surface area contributed by atoms with E-state index in [9.17, 15) is 14.4 Å². The van der Waals surface area contributed by atoms with Gasteiger partial charge in [0.2, 0.25) is 0 Å². The molecule has 4 aromatic rings. The third-order valence-electron chi connectivity index (χ3n) is 5.17. The molecule has 154 valence electrons. The van der Waals surface area contributed by atoms with Crippen LogP contribution in [0.25, 0.3) is 11.2 Å². The van der Waals surface area contributed by atoms with E-state index in [4.69, 9.17) is 23.2 Å². The molecule has 0 aliphatic rings. The summed E-state index contributed by atoms with van der Waals surface area (Å²) in [6, 6.07) is 14.2. The average molecular weight is 445 g/mol. The topological polar surface area (TPSA) is 70.9 Å². The number of fused-ring (bicyclic) bond motifs is 1. The van der Waals surface area contributed by atoms with Crippen molar-refractivity contribution in [3.8, 4) is 0 Å². The van der Waals surface area contributed by atoms with Crippen molar-refractivity contribution in [2.75, 3.05) is 0 Å². The maximum atomic E-state index is 13.4. The summed E-state index contributed by atoms with van der Waals surface area (Å²) in [6.07, 6.45) is 0. The van der Waals surface area contributed by atoms with E-state index >= 15 is 0 Å². The van der Waals surface area contributed by atoms with Crippen LogP contribution >= 0.6 is 23.2 Å². The third kappa shape index (κ3) is 3.20. The summed E-state index contributed by atoms with van der Waals surface area (Å²) < 4.78 is 5.05. The zero-order valence-electron chi connectivity index (χ0n) is 16.3. The summed E-state index contributed by atoms with van der Waals surface area (Å²) in [4.78, 5) is 39.0. The van der Waals surface area contributed by atoms with Gasteiger partial charge in [-0.25, -0.2) is 9.59 Å². The minimum absolute atomic E-state index is 0.0952. The fraction of sp³-hybridized carbons (Fsp3) is 0.190. The molecule has 7 nitrogen and oxygen atoms in total. The maximum Gasteiger partial charge on any atom is 0.332 e. The molecule has 0 saturated heterocycles. The van der Waals surface area contributed by atoms with E-state index in [-0.39, 0.29) is 24.3 Å². The van der Waals surface area contributed by atoms with Crippen LogP contribution in [0.3, 0.4) is 0 Å². The van der Waals surface area contributed by atoms with Gasteiger partial charge in [-0.2, -0.15) is 0 Å². The van der Waals surface area contributed by atoms with Crippen molar-refractivity contribution in [3.63, 3.8) is 0 Å². The van der Waals surface area contributed by atoms with Gasteiger partial charge in [0.15, 0.2) is 11.2 Å². The molecular weight excluding hydrogens is 427 g/mol. The van der Waals surface area contributed by atoms with E-state index in [1.54, 1.807) is 36.4 Å². The number of hydrogen-bond donors (Lipinski definition) is 0. The standard InChI is InChI=1S/C21H18Cl2N4O3/c1-24-18-17(19(28)25(2)20(24)29)26(11-13-7-3-5-9-15(13)22)21(30)27(18)12-14-8-4-6-10-16(14)23/h3-10H,11-12H2,1-2H3. The number of hydrogen-bond acceptors (Lipinski definition) is 3. The molecule has 0 aliphatic carbocycles. The minimum Gasteiger partial charge on any atom is -0.281 e. The van der Waals surface area contributed by atoms with E-state index in [1.165, 1.54) is 27.8 Å². The zero-order valence-corrected chi connectivity index (χ0v) is 17.8. The SMILES string of the molecule is Cn1c(=O)c2c(n(C)c1=O)n(Cc1ccccc1Cl)c(=O)n2Cc1ccccc1Cl. The molecule has 0 N–H and O–H groups in total. The van der Waals surface area contributed by atoms with E-state index < -0.39 is 16.9 Å². The number of nitrogens with zero attached hydrogens (tertiary/aromatic N) is 4. The van der Waals surface area contributed by atoms with Crippen LogP contribution in [0.2, 0.25) is 10.0 Å². The van der Waals surface area contributed by atoms with Crippen LogP contribution in [-0.2, 0) is 27.2 Å². The molecule has 0 fully saturated rings. The summed E-state index contributed by atoms with van der Waals surface area (Å²) >= 11 is 12.6. The number of benzene rings is 2. The molecule has 0 bridgehead atoms. The lowest BCUT2D eigenvalue weighted by Gasteiger charge is -2.09. The highest BCUT2D eigenvalue weighted by Gasteiger charge is 2.22. The smallest absolute Gasteiger partial charge is 0.281 e. The monoisotopic (exact) mass is 444 g/mol. The Balaban J connectivity index is 2.05. The summed E-state index contributed by atoms with van der Waals surface area (Å²) in [6.45, 7) is 0.211. The lowest BCUT2D eigenvalue weighted by Crippen LogP contribution is -2.38. The van der Waals surface area contributed by atoms with Crippen molar-refractivity contribution in [2.45, 2.75) is 13.1 Å². The molecule has 2 aromatic heterocycles. The molecule has 0 radical (unpaired) electrons. The Morgan fingerprint density at radius 3 is 1.73 bits per heavy atom. The molecule has 0 saturated carbocycles. The lowest BCUT2D eigenvalue weighted by atomic mass is 10.2. The number of halogens is 2. The van der Waals surface area contributed by atoms with Crippen LogP contribution in [0, 0.1) is 0 Å². The number of rotatable bonds is 4. The van der Waals surface area contributed by atoms with Crippen molar-refractivity contribution >= 4 is 34.4 Å². The first-order valence-electron chi connectivity index (χ1n) is 9.17. The van der Waals surface area contributed by atoms with Crippen LogP contribution < -0.4 is 16.9 Å². The van der Waals surface area contributed by atoms with Gasteiger partial charge in [0.1, 0.15) is 0 Å². The van der Waals surface area contributed by atoms with Crippen molar-refractivity contribution in [3.05, 3.63) is 101 Å². The summed E-state index contributed by atoms with van der Waals surface area (Å²) in [5.41, 5.74) is 0.269. The second-order valence-electron chi connectivity index (χ2n) is 7.02. The Hall–Kier alpha value is -3.03. The molecule has 0 aliphatic heterocycles. The predicted octanol–water partition coefficient (Wildman–Crippen LogP) is 2.60. The first-order valence-corrected chi connectivity index (χ1v) is 9.92. The summed E-state index contributed by atoms with van der Waals surface area (Å²) in [7, 11) is 2.92. The minimum atomic E-state index is -0.546. The second kappa shape index (κ2) is 7.66. The third-order valence-corrected chi connectivity index (χ3v) is 5.91. The quantitative estimate of drug-likeness (QED) is 0.485. The van der Waals surface area contributed by atoms with E-state index in [2.05, 4.69) is 0 Å². The van der Waals surface area contributed by atoms with Crippen LogP contribution in [0.15, 0.2) is 62.9 Å². The lowest BCUT2D eigenvalue weighted by molar-refractivity contribution is 0.677. The van der Waals surface area contributed by atoms with Gasteiger partial charge in [-0.15, -0.1) is 0 Å². The van der Waals surface area contributed by atoms with Crippen molar-refractivity contribution in [1.82, 2.24) is 18.3 Å². The summed E-state index contributed by atoms with van der Waals surface area (Å²) in [5, 5.41) is 0.975. The molecule has 2 aromatic carbocycles. The Bertz CT molecular complexity index is 1460. The molecular formula is C21H18Cl2N4O3. The van der Waals surface area contributed by atoms with E-state index in [0.29, 0.717) is 21.2 Å². The molecule has 2 heterocycles. The average Bonchev–Trinajstić information content (AvgIpc) is 3.00. The van der Waals surface area contributed by atoms with Crippen molar-refractivity contribution in [1.29, 1.82) is 0 Å². The van der Waals surface area contributed by atoms with Gasteiger partial charge < -0.3 is 0 Å².